The zero-order valence-corrected chi connectivity index (χ0v) is 15.9. The Morgan fingerprint density at radius 3 is 2.86 bits per heavy atom. The van der Waals surface area contributed by atoms with Gasteiger partial charge >= 0.3 is 0 Å². The molecule has 5 rings (SSSR count). The number of aliphatic hydroxyl groups is 1. The Kier molecular flexibility index (Phi) is 4.03. The van der Waals surface area contributed by atoms with Gasteiger partial charge in [0.25, 0.3) is 0 Å². The number of nitrogens with one attached hydrogen (secondary N) is 1. The molecule has 4 aromatic rings. The summed E-state index contributed by atoms with van der Waals surface area (Å²) in [5.41, 5.74) is 6.91. The summed E-state index contributed by atoms with van der Waals surface area (Å²) >= 11 is 6.54. The van der Waals surface area contributed by atoms with E-state index >= 15 is 0 Å². The fourth-order valence-electron chi connectivity index (χ4n) is 4.01. The lowest BCUT2D eigenvalue weighted by Gasteiger charge is -2.20. The van der Waals surface area contributed by atoms with E-state index < -0.39 is 6.10 Å². The standard InChI is InChI=1S/C21H18ClN5O/c1-12-16(9-25-26-12)13-2-3-15(18(22)6-13)21(28)7-19-14-4-5-23-8-17(14)20-10-24-11-27(19)20/h2-6,8-11,19,21,28H,7H2,1H3,(H,25,26). The van der Waals surface area contributed by atoms with Gasteiger partial charge in [-0.3, -0.25) is 10.1 Å². The molecule has 0 radical (unpaired) electrons. The van der Waals surface area contributed by atoms with Crippen LogP contribution in [0, 0.1) is 6.92 Å². The smallest absolute Gasteiger partial charge is 0.0956 e. The lowest BCUT2D eigenvalue weighted by molar-refractivity contribution is 0.154. The maximum atomic E-state index is 11.0. The number of hydrogen-bond acceptors (Lipinski definition) is 4. The number of aromatic nitrogens is 5. The van der Waals surface area contributed by atoms with Gasteiger partial charge < -0.3 is 9.67 Å². The Morgan fingerprint density at radius 2 is 2.07 bits per heavy atom. The van der Waals surface area contributed by atoms with E-state index in [-0.39, 0.29) is 6.04 Å². The summed E-state index contributed by atoms with van der Waals surface area (Å²) in [6.07, 6.45) is 8.86. The van der Waals surface area contributed by atoms with Crippen molar-refractivity contribution in [2.45, 2.75) is 25.5 Å². The summed E-state index contributed by atoms with van der Waals surface area (Å²) in [6.45, 7) is 1.97. The minimum Gasteiger partial charge on any atom is -0.388 e. The Labute approximate surface area is 166 Å². The van der Waals surface area contributed by atoms with Crippen molar-refractivity contribution >= 4 is 11.6 Å². The highest BCUT2D eigenvalue weighted by Gasteiger charge is 2.31. The number of halogens is 1. The molecular weight excluding hydrogens is 374 g/mol. The fourth-order valence-corrected chi connectivity index (χ4v) is 4.31. The molecule has 3 aromatic heterocycles. The molecule has 2 atom stereocenters. The first-order valence-electron chi connectivity index (χ1n) is 9.07. The maximum absolute atomic E-state index is 11.0. The molecule has 4 heterocycles. The molecule has 0 aliphatic carbocycles. The molecular formula is C21H18ClN5O. The number of hydrogen-bond donors (Lipinski definition) is 2. The predicted octanol–water partition coefficient (Wildman–Crippen LogP) is 4.32. The number of benzene rings is 1. The number of imidazole rings is 1. The van der Waals surface area contributed by atoms with Crippen LogP contribution in [0.1, 0.15) is 35.4 Å². The number of aromatic amines is 1. The average Bonchev–Trinajstić information content (AvgIpc) is 3.39. The molecule has 1 aromatic carbocycles. The molecule has 28 heavy (non-hydrogen) atoms. The lowest BCUT2D eigenvalue weighted by Crippen LogP contribution is -2.11. The molecule has 0 amide bonds. The van der Waals surface area contributed by atoms with Crippen molar-refractivity contribution < 1.29 is 5.11 Å². The quantitative estimate of drug-likeness (QED) is 0.542. The van der Waals surface area contributed by atoms with Gasteiger partial charge in [-0.25, -0.2) is 4.98 Å². The largest absolute Gasteiger partial charge is 0.388 e. The monoisotopic (exact) mass is 391 g/mol. The van der Waals surface area contributed by atoms with Gasteiger partial charge in [0.2, 0.25) is 0 Å². The predicted molar refractivity (Wildman–Crippen MR) is 107 cm³/mol. The SMILES string of the molecule is Cc1[nH]ncc1-c1ccc(C(O)CC2c3ccncc3-c3cncn32)c(Cl)c1. The van der Waals surface area contributed by atoms with Gasteiger partial charge in [-0.1, -0.05) is 23.7 Å². The first-order valence-corrected chi connectivity index (χ1v) is 9.45. The molecule has 140 valence electrons. The third-order valence-electron chi connectivity index (χ3n) is 5.44. The van der Waals surface area contributed by atoms with Crippen LogP contribution in [0.3, 0.4) is 0 Å². The third-order valence-corrected chi connectivity index (χ3v) is 5.77. The zero-order valence-electron chi connectivity index (χ0n) is 15.2. The molecule has 0 fully saturated rings. The highest BCUT2D eigenvalue weighted by atomic mass is 35.5. The van der Waals surface area contributed by atoms with E-state index in [2.05, 4.69) is 24.7 Å². The molecule has 0 spiro atoms. The Hall–Kier alpha value is -2.96. The van der Waals surface area contributed by atoms with E-state index in [1.165, 1.54) is 0 Å². The molecule has 0 saturated carbocycles. The average molecular weight is 392 g/mol. The van der Waals surface area contributed by atoms with E-state index in [4.69, 9.17) is 11.6 Å². The van der Waals surface area contributed by atoms with Crippen LogP contribution in [-0.4, -0.2) is 29.8 Å². The van der Waals surface area contributed by atoms with Gasteiger partial charge in [-0.05, 0) is 35.7 Å². The number of aryl methyl sites for hydroxylation is 1. The van der Waals surface area contributed by atoms with Gasteiger partial charge in [0.1, 0.15) is 0 Å². The highest BCUT2D eigenvalue weighted by molar-refractivity contribution is 6.31. The first kappa shape index (κ1) is 17.2. The highest BCUT2D eigenvalue weighted by Crippen LogP contribution is 2.43. The van der Waals surface area contributed by atoms with Gasteiger partial charge in [-0.15, -0.1) is 0 Å². The normalized spacial score (nSPS) is 16.0. The topological polar surface area (TPSA) is 79.6 Å². The van der Waals surface area contributed by atoms with Crippen molar-refractivity contribution in [3.05, 3.63) is 77.2 Å². The third kappa shape index (κ3) is 2.65. The van der Waals surface area contributed by atoms with E-state index in [1.807, 2.05) is 43.6 Å². The Bertz CT molecular complexity index is 1170. The van der Waals surface area contributed by atoms with Crippen molar-refractivity contribution in [3.8, 4) is 22.4 Å². The summed E-state index contributed by atoms with van der Waals surface area (Å²) in [7, 11) is 0. The number of H-pyrrole nitrogens is 1. The fraction of sp³-hybridized carbons (Fsp3) is 0.190. The molecule has 6 nitrogen and oxygen atoms in total. The summed E-state index contributed by atoms with van der Waals surface area (Å²) in [6, 6.07) is 7.75. The summed E-state index contributed by atoms with van der Waals surface area (Å²) in [5.74, 6) is 0. The maximum Gasteiger partial charge on any atom is 0.0956 e. The lowest BCUT2D eigenvalue weighted by atomic mass is 9.95. The van der Waals surface area contributed by atoms with Crippen LogP contribution in [0.5, 0.6) is 0 Å². The number of rotatable bonds is 4. The van der Waals surface area contributed by atoms with E-state index in [9.17, 15) is 5.11 Å². The van der Waals surface area contributed by atoms with E-state index in [0.29, 0.717) is 11.4 Å². The van der Waals surface area contributed by atoms with Crippen LogP contribution in [0.4, 0.5) is 0 Å². The van der Waals surface area contributed by atoms with Crippen LogP contribution in [-0.2, 0) is 0 Å². The first-order chi connectivity index (χ1) is 13.6. The van der Waals surface area contributed by atoms with Gasteiger partial charge in [0, 0.05) is 40.7 Å². The van der Waals surface area contributed by atoms with Crippen molar-refractivity contribution in [2.75, 3.05) is 0 Å². The van der Waals surface area contributed by atoms with Crippen LogP contribution in [0.15, 0.2) is 55.4 Å². The van der Waals surface area contributed by atoms with Crippen LogP contribution in [0.25, 0.3) is 22.4 Å². The summed E-state index contributed by atoms with van der Waals surface area (Å²) in [4.78, 5) is 8.49. The Balaban J connectivity index is 1.45. The van der Waals surface area contributed by atoms with Crippen molar-refractivity contribution in [1.82, 2.24) is 24.7 Å². The molecule has 7 heteroatoms. The molecule has 1 aliphatic heterocycles. The molecule has 2 unspecified atom stereocenters. The van der Waals surface area contributed by atoms with Crippen LogP contribution >= 0.6 is 11.6 Å². The number of aliphatic hydroxyl groups excluding tert-OH is 1. The summed E-state index contributed by atoms with van der Waals surface area (Å²) < 4.78 is 2.09. The van der Waals surface area contributed by atoms with Gasteiger partial charge in [-0.2, -0.15) is 5.10 Å². The van der Waals surface area contributed by atoms with Crippen molar-refractivity contribution in [3.63, 3.8) is 0 Å². The number of pyridine rings is 1. The van der Waals surface area contributed by atoms with Crippen LogP contribution < -0.4 is 0 Å². The summed E-state index contributed by atoms with van der Waals surface area (Å²) in [5, 5.41) is 18.5. The number of fused-ring (bicyclic) bond motifs is 3. The van der Waals surface area contributed by atoms with Crippen LogP contribution in [0.2, 0.25) is 5.02 Å². The zero-order chi connectivity index (χ0) is 19.3. The second kappa shape index (κ2) is 6.58. The van der Waals surface area contributed by atoms with Crippen molar-refractivity contribution in [2.24, 2.45) is 0 Å². The molecule has 0 bridgehead atoms. The van der Waals surface area contributed by atoms with Gasteiger partial charge in [0.05, 0.1) is 36.6 Å². The number of nitrogens with zero attached hydrogens (tertiary/aromatic N) is 4. The molecule has 1 aliphatic rings. The van der Waals surface area contributed by atoms with E-state index in [0.717, 1.165) is 39.2 Å². The van der Waals surface area contributed by atoms with E-state index in [1.54, 1.807) is 18.7 Å². The molecule has 0 saturated heterocycles. The Morgan fingerprint density at radius 1 is 1.18 bits per heavy atom. The minimum atomic E-state index is -0.702. The second-order valence-electron chi connectivity index (χ2n) is 7.06. The van der Waals surface area contributed by atoms with Crippen molar-refractivity contribution in [1.29, 1.82) is 0 Å². The molecule has 2 N–H and O–H groups in total. The second-order valence-corrected chi connectivity index (χ2v) is 7.47. The minimum absolute atomic E-state index is 0.00244. The van der Waals surface area contributed by atoms with Gasteiger partial charge in [0.15, 0.2) is 0 Å².